The molecular formula is C18H24N2O4. The molecule has 0 bridgehead atoms. The maximum absolute atomic E-state index is 12.3. The molecule has 0 spiro atoms. The molecule has 0 saturated carbocycles. The van der Waals surface area contributed by atoms with E-state index in [9.17, 15) is 9.59 Å². The van der Waals surface area contributed by atoms with Crippen molar-refractivity contribution in [3.8, 4) is 5.75 Å². The van der Waals surface area contributed by atoms with Gasteiger partial charge < -0.3 is 14.8 Å². The minimum Gasteiger partial charge on any atom is -0.489 e. The predicted octanol–water partition coefficient (Wildman–Crippen LogP) is 3.18. The van der Waals surface area contributed by atoms with Gasteiger partial charge in [0.25, 0.3) is 0 Å². The number of nitrogens with one attached hydrogen (secondary N) is 1. The van der Waals surface area contributed by atoms with Crippen LogP contribution in [0.25, 0.3) is 6.08 Å². The fourth-order valence-corrected chi connectivity index (χ4v) is 2.08. The van der Waals surface area contributed by atoms with Crippen molar-refractivity contribution < 1.29 is 19.1 Å². The van der Waals surface area contributed by atoms with Crippen LogP contribution in [0.3, 0.4) is 0 Å². The molecule has 6 nitrogen and oxygen atoms in total. The highest BCUT2D eigenvalue weighted by Gasteiger charge is 2.35. The van der Waals surface area contributed by atoms with Gasteiger partial charge in [-0.25, -0.2) is 9.78 Å². The first-order chi connectivity index (χ1) is 11.1. The average molecular weight is 332 g/mol. The van der Waals surface area contributed by atoms with E-state index in [-0.39, 0.29) is 12.5 Å². The van der Waals surface area contributed by atoms with Gasteiger partial charge >= 0.3 is 5.97 Å². The van der Waals surface area contributed by atoms with Gasteiger partial charge in [0.05, 0.1) is 5.41 Å². The van der Waals surface area contributed by atoms with Crippen LogP contribution in [-0.4, -0.2) is 29.1 Å². The first-order valence-corrected chi connectivity index (χ1v) is 7.98. The summed E-state index contributed by atoms with van der Waals surface area (Å²) in [6.45, 7) is 9.51. The van der Waals surface area contributed by atoms with E-state index in [1.54, 1.807) is 18.3 Å². The molecule has 1 N–H and O–H groups in total. The lowest BCUT2D eigenvalue weighted by atomic mass is 9.88. The maximum atomic E-state index is 12.3. The number of hydrogen-bond acceptors (Lipinski definition) is 5. The molecule has 1 unspecified atom stereocenters. The number of carbonyl (C=O) groups is 2. The second kappa shape index (κ2) is 6.63. The minimum absolute atomic E-state index is 0.103. The summed E-state index contributed by atoms with van der Waals surface area (Å²) >= 11 is 0. The van der Waals surface area contributed by atoms with E-state index < -0.39 is 17.0 Å². The van der Waals surface area contributed by atoms with Crippen molar-refractivity contribution in [3.63, 3.8) is 0 Å². The summed E-state index contributed by atoms with van der Waals surface area (Å²) < 4.78 is 11.0. The number of esters is 1. The van der Waals surface area contributed by atoms with E-state index in [1.807, 2.05) is 34.6 Å². The molecule has 2 rings (SSSR count). The Morgan fingerprint density at radius 2 is 2.21 bits per heavy atom. The van der Waals surface area contributed by atoms with Crippen LogP contribution in [0.5, 0.6) is 5.75 Å². The maximum Gasteiger partial charge on any atom is 0.331 e. The lowest BCUT2D eigenvalue weighted by Gasteiger charge is -2.22. The van der Waals surface area contributed by atoms with Crippen molar-refractivity contribution >= 4 is 23.8 Å². The third kappa shape index (κ3) is 4.34. The monoisotopic (exact) mass is 332 g/mol. The predicted molar refractivity (Wildman–Crippen MR) is 91.6 cm³/mol. The lowest BCUT2D eigenvalue weighted by Crippen LogP contribution is -2.36. The van der Waals surface area contributed by atoms with Crippen molar-refractivity contribution in [2.75, 3.05) is 11.9 Å². The summed E-state index contributed by atoms with van der Waals surface area (Å²) in [6.07, 6.45) is 5.19. The van der Waals surface area contributed by atoms with Gasteiger partial charge in [0.15, 0.2) is 11.6 Å². The summed E-state index contributed by atoms with van der Waals surface area (Å²) in [7, 11) is 0. The van der Waals surface area contributed by atoms with Gasteiger partial charge in [0.2, 0.25) is 5.91 Å². The number of pyridine rings is 1. The molecule has 6 heteroatoms. The van der Waals surface area contributed by atoms with E-state index in [0.717, 1.165) is 0 Å². The van der Waals surface area contributed by atoms with Gasteiger partial charge in [-0.15, -0.1) is 0 Å². The number of aromatic nitrogens is 1. The summed E-state index contributed by atoms with van der Waals surface area (Å²) in [6, 6.07) is 1.74. The SMILES string of the molecule is CCC1(C)COc2cc(/C=C/C(=O)OC(C)(C)C)cnc2NC1=O. The number of ether oxygens (including phenoxy) is 2. The molecule has 2 heterocycles. The molecular weight excluding hydrogens is 308 g/mol. The van der Waals surface area contributed by atoms with Crippen molar-refractivity contribution in [1.29, 1.82) is 0 Å². The van der Waals surface area contributed by atoms with Gasteiger partial charge in [-0.05, 0) is 51.8 Å². The Morgan fingerprint density at radius 3 is 2.83 bits per heavy atom. The molecule has 1 aromatic rings. The van der Waals surface area contributed by atoms with Crippen molar-refractivity contribution in [3.05, 3.63) is 23.9 Å². The van der Waals surface area contributed by atoms with Crippen LogP contribution in [-0.2, 0) is 14.3 Å². The van der Waals surface area contributed by atoms with Crippen molar-refractivity contribution in [2.45, 2.75) is 46.6 Å². The number of fused-ring (bicyclic) bond motifs is 1. The first-order valence-electron chi connectivity index (χ1n) is 7.98. The number of nitrogens with zero attached hydrogens (tertiary/aromatic N) is 1. The van der Waals surface area contributed by atoms with E-state index in [0.29, 0.717) is 23.6 Å². The molecule has 130 valence electrons. The molecule has 0 radical (unpaired) electrons. The number of carbonyl (C=O) groups excluding carboxylic acids is 2. The van der Waals surface area contributed by atoms with Gasteiger partial charge in [0, 0.05) is 12.3 Å². The number of anilines is 1. The molecule has 1 atom stereocenters. The van der Waals surface area contributed by atoms with Crippen LogP contribution < -0.4 is 10.1 Å². The fourth-order valence-electron chi connectivity index (χ4n) is 2.08. The Morgan fingerprint density at radius 1 is 1.50 bits per heavy atom. The van der Waals surface area contributed by atoms with Crippen LogP contribution in [0, 0.1) is 5.41 Å². The van der Waals surface area contributed by atoms with Crippen LogP contribution in [0.2, 0.25) is 0 Å². The second-order valence-corrected chi connectivity index (χ2v) is 7.14. The number of rotatable bonds is 3. The van der Waals surface area contributed by atoms with Gasteiger partial charge in [-0.1, -0.05) is 6.92 Å². The normalized spacial score (nSPS) is 20.8. The molecule has 1 amide bonds. The van der Waals surface area contributed by atoms with Gasteiger partial charge in [0.1, 0.15) is 12.2 Å². The Hall–Kier alpha value is -2.37. The van der Waals surface area contributed by atoms with Crippen molar-refractivity contribution in [1.82, 2.24) is 4.98 Å². The molecule has 1 aromatic heterocycles. The molecule has 1 aliphatic rings. The summed E-state index contributed by atoms with van der Waals surface area (Å²) in [4.78, 5) is 28.2. The molecule has 1 aliphatic heterocycles. The van der Waals surface area contributed by atoms with Crippen molar-refractivity contribution in [2.24, 2.45) is 5.41 Å². The first kappa shape index (κ1) is 18.0. The molecule has 0 aromatic carbocycles. The minimum atomic E-state index is -0.590. The highest BCUT2D eigenvalue weighted by atomic mass is 16.6. The van der Waals surface area contributed by atoms with Crippen LogP contribution in [0.4, 0.5) is 5.82 Å². The zero-order valence-electron chi connectivity index (χ0n) is 14.8. The molecule has 0 fully saturated rings. The number of hydrogen-bond donors (Lipinski definition) is 1. The Kier molecular flexibility index (Phi) is 4.96. The summed E-state index contributed by atoms with van der Waals surface area (Å²) in [5.74, 6) is 0.358. The zero-order chi connectivity index (χ0) is 18.0. The largest absolute Gasteiger partial charge is 0.489 e. The topological polar surface area (TPSA) is 77.5 Å². The average Bonchev–Trinajstić information content (AvgIpc) is 2.61. The highest BCUT2D eigenvalue weighted by Crippen LogP contribution is 2.33. The van der Waals surface area contributed by atoms with E-state index in [1.165, 1.54) is 6.08 Å². The quantitative estimate of drug-likeness (QED) is 0.679. The van der Waals surface area contributed by atoms with E-state index >= 15 is 0 Å². The standard InChI is InChI=1S/C18H24N2O4/c1-6-18(5)11-23-13-9-12(10-19-15(13)20-16(18)22)7-8-14(21)24-17(2,3)4/h7-10H,6,11H2,1-5H3,(H,19,20,22)/b8-7+. The fraction of sp³-hybridized carbons (Fsp3) is 0.500. The Balaban J connectivity index is 2.16. The smallest absolute Gasteiger partial charge is 0.331 e. The van der Waals surface area contributed by atoms with Crippen LogP contribution in [0.1, 0.15) is 46.6 Å². The van der Waals surface area contributed by atoms with E-state index in [4.69, 9.17) is 9.47 Å². The third-order valence-electron chi connectivity index (χ3n) is 3.80. The summed E-state index contributed by atoms with van der Waals surface area (Å²) in [5.41, 5.74) is -0.437. The molecule has 0 saturated heterocycles. The molecule has 0 aliphatic carbocycles. The summed E-state index contributed by atoms with van der Waals surface area (Å²) in [5, 5.41) is 2.80. The zero-order valence-corrected chi connectivity index (χ0v) is 14.8. The lowest BCUT2D eigenvalue weighted by molar-refractivity contribution is -0.148. The Labute approximate surface area is 142 Å². The van der Waals surface area contributed by atoms with E-state index in [2.05, 4.69) is 10.3 Å². The van der Waals surface area contributed by atoms with Crippen LogP contribution >= 0.6 is 0 Å². The third-order valence-corrected chi connectivity index (χ3v) is 3.80. The van der Waals surface area contributed by atoms with Crippen LogP contribution in [0.15, 0.2) is 18.3 Å². The Bertz CT molecular complexity index is 676. The second-order valence-electron chi connectivity index (χ2n) is 7.14. The van der Waals surface area contributed by atoms with Gasteiger partial charge in [-0.2, -0.15) is 0 Å². The number of amides is 1. The van der Waals surface area contributed by atoms with Gasteiger partial charge in [-0.3, -0.25) is 4.79 Å². The molecule has 24 heavy (non-hydrogen) atoms. The highest BCUT2D eigenvalue weighted by molar-refractivity contribution is 5.96.